The Bertz CT molecular complexity index is 1300. The fraction of sp³-hybridized carbons (Fsp3) is 0.417. The van der Waals surface area contributed by atoms with Gasteiger partial charge in [-0.3, -0.25) is 4.79 Å². The Morgan fingerprint density at radius 1 is 1.24 bits per heavy atom. The summed E-state index contributed by atoms with van der Waals surface area (Å²) in [5.41, 5.74) is 9.24. The smallest absolute Gasteiger partial charge is 0.263 e. The summed E-state index contributed by atoms with van der Waals surface area (Å²) in [5.74, 6) is 0.785. The van der Waals surface area contributed by atoms with Gasteiger partial charge in [-0.05, 0) is 53.1 Å². The van der Waals surface area contributed by atoms with E-state index in [9.17, 15) is 4.79 Å². The Morgan fingerprint density at radius 2 is 2.06 bits per heavy atom. The standard InChI is InChI=1S/C24H30N6O3/c1-15-6-5-7-17(12-15)21-28-23(33-29-21)18-14-26-30-19(13-20(31)27-22(18)30)16(8-10-25)9-11-32-24(2,3)4/h5-7,12-14,16H,8-11,25H2,1-4H3,(H,27,31). The fourth-order valence-corrected chi connectivity index (χ4v) is 3.84. The normalized spacial score (nSPS) is 13.0. The number of nitrogens with one attached hydrogen (secondary N) is 1. The molecule has 0 radical (unpaired) electrons. The van der Waals surface area contributed by atoms with Gasteiger partial charge in [0, 0.05) is 24.2 Å². The van der Waals surface area contributed by atoms with Crippen molar-refractivity contribution in [1.29, 1.82) is 0 Å². The second kappa shape index (κ2) is 9.29. The van der Waals surface area contributed by atoms with Crippen molar-refractivity contribution in [2.75, 3.05) is 13.2 Å². The summed E-state index contributed by atoms with van der Waals surface area (Å²) in [7, 11) is 0. The monoisotopic (exact) mass is 450 g/mol. The first-order chi connectivity index (χ1) is 15.7. The number of nitrogens with zero attached hydrogens (tertiary/aromatic N) is 4. The number of fused-ring (bicyclic) bond motifs is 1. The minimum absolute atomic E-state index is 0.0143. The van der Waals surface area contributed by atoms with Crippen molar-refractivity contribution < 1.29 is 9.26 Å². The maximum atomic E-state index is 12.6. The number of aromatic nitrogens is 5. The summed E-state index contributed by atoms with van der Waals surface area (Å²) in [5, 5.41) is 8.64. The van der Waals surface area contributed by atoms with E-state index in [1.807, 2.05) is 52.0 Å². The third-order valence-electron chi connectivity index (χ3n) is 5.40. The number of H-pyrrole nitrogens is 1. The number of nitrogens with two attached hydrogens (primary N) is 1. The van der Waals surface area contributed by atoms with Gasteiger partial charge in [0.15, 0.2) is 0 Å². The van der Waals surface area contributed by atoms with E-state index < -0.39 is 0 Å². The zero-order chi connectivity index (χ0) is 23.6. The second-order valence-electron chi connectivity index (χ2n) is 9.19. The molecule has 0 saturated carbocycles. The van der Waals surface area contributed by atoms with Gasteiger partial charge >= 0.3 is 0 Å². The molecular weight excluding hydrogens is 420 g/mol. The molecule has 9 heteroatoms. The quantitative estimate of drug-likeness (QED) is 0.419. The third kappa shape index (κ3) is 5.20. The summed E-state index contributed by atoms with van der Waals surface area (Å²) >= 11 is 0. The Morgan fingerprint density at radius 3 is 2.79 bits per heavy atom. The molecule has 4 aromatic rings. The van der Waals surface area contributed by atoms with Crippen molar-refractivity contribution in [3.05, 3.63) is 58.1 Å². The summed E-state index contributed by atoms with van der Waals surface area (Å²) in [6.07, 6.45) is 3.06. The topological polar surface area (TPSA) is 124 Å². The van der Waals surface area contributed by atoms with E-state index in [4.69, 9.17) is 15.0 Å². The largest absolute Gasteiger partial charge is 0.376 e. The van der Waals surface area contributed by atoms with Crippen molar-refractivity contribution >= 4 is 5.65 Å². The molecule has 0 aliphatic carbocycles. The van der Waals surface area contributed by atoms with Crippen molar-refractivity contribution in [3.8, 4) is 22.8 Å². The molecular formula is C24H30N6O3. The molecule has 33 heavy (non-hydrogen) atoms. The highest BCUT2D eigenvalue weighted by Crippen LogP contribution is 2.28. The van der Waals surface area contributed by atoms with Crippen LogP contribution in [0.5, 0.6) is 0 Å². The Hall–Kier alpha value is -3.30. The molecule has 0 saturated heterocycles. The van der Waals surface area contributed by atoms with Crippen LogP contribution in [-0.4, -0.2) is 43.5 Å². The lowest BCUT2D eigenvalue weighted by Gasteiger charge is -2.22. The van der Waals surface area contributed by atoms with Crippen LogP contribution in [0.3, 0.4) is 0 Å². The van der Waals surface area contributed by atoms with Crippen LogP contribution in [0.25, 0.3) is 28.5 Å². The molecule has 174 valence electrons. The molecule has 0 amide bonds. The lowest BCUT2D eigenvalue weighted by molar-refractivity contribution is -0.00660. The van der Waals surface area contributed by atoms with E-state index in [1.54, 1.807) is 16.8 Å². The lowest BCUT2D eigenvalue weighted by Crippen LogP contribution is -2.23. The van der Waals surface area contributed by atoms with Gasteiger partial charge in [-0.25, -0.2) is 4.52 Å². The second-order valence-corrected chi connectivity index (χ2v) is 9.19. The van der Waals surface area contributed by atoms with Gasteiger partial charge in [0.05, 0.1) is 17.5 Å². The van der Waals surface area contributed by atoms with E-state index in [0.717, 1.165) is 23.2 Å². The van der Waals surface area contributed by atoms with Crippen LogP contribution in [0.2, 0.25) is 0 Å². The van der Waals surface area contributed by atoms with Crippen molar-refractivity contribution in [2.45, 2.75) is 52.1 Å². The van der Waals surface area contributed by atoms with Crippen LogP contribution in [0, 0.1) is 6.92 Å². The molecule has 0 aliphatic rings. The highest BCUT2D eigenvalue weighted by Gasteiger charge is 2.22. The average Bonchev–Trinajstić information content (AvgIpc) is 3.39. The molecule has 1 aromatic carbocycles. The van der Waals surface area contributed by atoms with Gasteiger partial charge in [-0.1, -0.05) is 28.9 Å². The molecule has 1 unspecified atom stereocenters. The maximum absolute atomic E-state index is 12.6. The number of hydrogen-bond acceptors (Lipinski definition) is 7. The lowest BCUT2D eigenvalue weighted by atomic mass is 9.97. The van der Waals surface area contributed by atoms with Crippen LogP contribution in [0.1, 0.15) is 50.8 Å². The Balaban J connectivity index is 1.70. The highest BCUT2D eigenvalue weighted by molar-refractivity contribution is 5.72. The number of aryl methyl sites for hydroxylation is 1. The van der Waals surface area contributed by atoms with E-state index in [1.165, 1.54) is 0 Å². The Kier molecular flexibility index (Phi) is 6.44. The minimum Gasteiger partial charge on any atom is -0.376 e. The van der Waals surface area contributed by atoms with Crippen molar-refractivity contribution in [2.24, 2.45) is 5.73 Å². The zero-order valence-electron chi connectivity index (χ0n) is 19.5. The molecule has 3 heterocycles. The summed E-state index contributed by atoms with van der Waals surface area (Å²) < 4.78 is 13.2. The maximum Gasteiger partial charge on any atom is 0.263 e. The van der Waals surface area contributed by atoms with Gasteiger partial charge in [-0.15, -0.1) is 0 Å². The van der Waals surface area contributed by atoms with Gasteiger partial charge in [0.1, 0.15) is 11.2 Å². The van der Waals surface area contributed by atoms with E-state index >= 15 is 0 Å². The number of benzene rings is 1. The number of hydrogen-bond donors (Lipinski definition) is 2. The first-order valence-corrected chi connectivity index (χ1v) is 11.1. The van der Waals surface area contributed by atoms with Crippen LogP contribution in [0.4, 0.5) is 0 Å². The Labute approximate surface area is 192 Å². The summed E-state index contributed by atoms with van der Waals surface area (Å²) in [6, 6.07) is 9.44. The molecule has 1 atom stereocenters. The molecule has 0 aliphatic heterocycles. The van der Waals surface area contributed by atoms with Gasteiger partial charge < -0.3 is 20.0 Å². The molecule has 0 fully saturated rings. The number of aromatic amines is 1. The number of ether oxygens (including phenoxy) is 1. The molecule has 3 N–H and O–H groups in total. The van der Waals surface area contributed by atoms with Gasteiger partial charge in [0.2, 0.25) is 5.82 Å². The zero-order valence-corrected chi connectivity index (χ0v) is 19.5. The summed E-state index contributed by atoms with van der Waals surface area (Å²) in [4.78, 5) is 20.0. The summed E-state index contributed by atoms with van der Waals surface area (Å²) in [6.45, 7) is 9.11. The van der Waals surface area contributed by atoms with Gasteiger partial charge in [0.25, 0.3) is 11.4 Å². The predicted octanol–water partition coefficient (Wildman–Crippen LogP) is 3.69. The molecule has 0 bridgehead atoms. The molecule has 0 spiro atoms. The molecule has 3 aromatic heterocycles. The van der Waals surface area contributed by atoms with Crippen LogP contribution >= 0.6 is 0 Å². The van der Waals surface area contributed by atoms with E-state index in [0.29, 0.717) is 42.5 Å². The highest BCUT2D eigenvalue weighted by atomic mass is 16.5. The van der Waals surface area contributed by atoms with Crippen molar-refractivity contribution in [1.82, 2.24) is 24.7 Å². The average molecular weight is 451 g/mol. The van der Waals surface area contributed by atoms with E-state index in [-0.39, 0.29) is 17.1 Å². The number of rotatable bonds is 8. The fourth-order valence-electron chi connectivity index (χ4n) is 3.84. The van der Waals surface area contributed by atoms with Crippen LogP contribution in [-0.2, 0) is 4.74 Å². The predicted molar refractivity (Wildman–Crippen MR) is 126 cm³/mol. The van der Waals surface area contributed by atoms with Gasteiger partial charge in [-0.2, -0.15) is 10.1 Å². The minimum atomic E-state index is -0.234. The molecule has 4 rings (SSSR count). The van der Waals surface area contributed by atoms with E-state index in [2.05, 4.69) is 20.2 Å². The first kappa shape index (κ1) is 22.9. The molecule has 9 nitrogen and oxygen atoms in total. The SMILES string of the molecule is Cc1cccc(-c2noc(-c3cnn4c(C(CCN)CCOC(C)(C)C)cc(=O)[nH]c34)n2)c1. The third-order valence-corrected chi connectivity index (χ3v) is 5.40. The first-order valence-electron chi connectivity index (χ1n) is 11.1. The van der Waals surface area contributed by atoms with Crippen molar-refractivity contribution in [3.63, 3.8) is 0 Å². The van der Waals surface area contributed by atoms with Crippen LogP contribution in [0.15, 0.2) is 45.8 Å². The van der Waals surface area contributed by atoms with Crippen LogP contribution < -0.4 is 11.3 Å².